The van der Waals surface area contributed by atoms with Crippen LogP contribution in [0.5, 0.6) is 0 Å². The second-order valence-corrected chi connectivity index (χ2v) is 12.6. The molecule has 0 saturated heterocycles. The van der Waals surface area contributed by atoms with Gasteiger partial charge in [0.1, 0.15) is 0 Å². The van der Waals surface area contributed by atoms with Gasteiger partial charge in [0.25, 0.3) is 11.8 Å². The fraction of sp³-hybridized carbons (Fsp3) is 0.469. The number of benzene rings is 2. The van der Waals surface area contributed by atoms with Crippen molar-refractivity contribution in [3.8, 4) is 0 Å². The summed E-state index contributed by atoms with van der Waals surface area (Å²) in [6.45, 7) is 1.04. The molecule has 3 atom stereocenters. The molecule has 0 radical (unpaired) electrons. The smallest absolute Gasteiger partial charge is 0.251 e. The van der Waals surface area contributed by atoms with Crippen LogP contribution in [-0.4, -0.2) is 79.3 Å². The maximum Gasteiger partial charge on any atom is 0.251 e. The van der Waals surface area contributed by atoms with Gasteiger partial charge < -0.3 is 25.4 Å². The molecular weight excluding hydrogens is 538 g/mol. The van der Waals surface area contributed by atoms with Crippen molar-refractivity contribution in [2.45, 2.75) is 56.0 Å². The van der Waals surface area contributed by atoms with Gasteiger partial charge >= 0.3 is 0 Å². The highest BCUT2D eigenvalue weighted by molar-refractivity contribution is 6.35. The van der Waals surface area contributed by atoms with Crippen molar-refractivity contribution in [1.82, 2.24) is 25.4 Å². The molecule has 218 valence electrons. The van der Waals surface area contributed by atoms with E-state index >= 15 is 0 Å². The van der Waals surface area contributed by atoms with Crippen molar-refractivity contribution in [1.29, 1.82) is 0 Å². The Morgan fingerprint density at radius 3 is 2.24 bits per heavy atom. The number of nitrogens with one attached hydrogen (secondary N) is 3. The van der Waals surface area contributed by atoms with E-state index in [1.54, 1.807) is 37.3 Å². The lowest BCUT2D eigenvalue weighted by atomic mass is 9.81. The summed E-state index contributed by atoms with van der Waals surface area (Å²) < 4.78 is 0. The molecular formula is C32H40ClN5O3. The maximum absolute atomic E-state index is 13.4. The Morgan fingerprint density at radius 1 is 0.927 bits per heavy atom. The highest BCUT2D eigenvalue weighted by atomic mass is 35.5. The average molecular weight is 578 g/mol. The zero-order chi connectivity index (χ0) is 29.3. The van der Waals surface area contributed by atoms with E-state index in [-0.39, 0.29) is 41.1 Å². The van der Waals surface area contributed by atoms with E-state index in [1.165, 1.54) is 18.4 Å². The molecule has 8 nitrogen and oxygen atoms in total. The van der Waals surface area contributed by atoms with Gasteiger partial charge in [0.05, 0.1) is 11.1 Å². The summed E-state index contributed by atoms with van der Waals surface area (Å²) in [5.74, 6) is -0.593. The molecule has 9 heteroatoms. The number of carbonyl (C=O) groups is 3. The first kappa shape index (κ1) is 29.1. The minimum atomic E-state index is -0.382. The van der Waals surface area contributed by atoms with Crippen molar-refractivity contribution >= 4 is 40.2 Å². The van der Waals surface area contributed by atoms with Crippen LogP contribution in [0.25, 0.3) is 10.9 Å². The molecule has 3 aromatic rings. The highest BCUT2D eigenvalue weighted by Gasteiger charge is 2.43. The van der Waals surface area contributed by atoms with Crippen molar-refractivity contribution in [2.75, 3.05) is 34.7 Å². The second-order valence-electron chi connectivity index (χ2n) is 12.2. The molecule has 5 rings (SSSR count). The SMILES string of the molecule is CN(C)CCC1(c2ccc(C(=O)NC3CC(C(=O)N(C)C)CCC3NC(=O)c3ccc4c(Cl)c[nH]c4c3)cc2)CC1. The van der Waals surface area contributed by atoms with E-state index < -0.39 is 0 Å². The normalized spacial score (nSPS) is 21.5. The number of carbonyl (C=O) groups excluding carboxylic acids is 3. The van der Waals surface area contributed by atoms with Gasteiger partial charge in [-0.2, -0.15) is 0 Å². The predicted octanol–water partition coefficient (Wildman–Crippen LogP) is 4.59. The van der Waals surface area contributed by atoms with Crippen LogP contribution in [0, 0.1) is 5.92 Å². The number of rotatable bonds is 9. The van der Waals surface area contributed by atoms with Crippen molar-refractivity contribution in [3.05, 3.63) is 70.4 Å². The van der Waals surface area contributed by atoms with Gasteiger partial charge in [-0.05, 0) is 94.4 Å². The second kappa shape index (κ2) is 11.9. The minimum absolute atomic E-state index is 0.0416. The monoisotopic (exact) mass is 577 g/mol. The Kier molecular flexibility index (Phi) is 8.43. The van der Waals surface area contributed by atoms with E-state index in [1.807, 2.05) is 18.2 Å². The molecule has 2 aliphatic rings. The average Bonchev–Trinajstić information content (AvgIpc) is 3.67. The van der Waals surface area contributed by atoms with Crippen molar-refractivity contribution < 1.29 is 14.4 Å². The molecule has 3 N–H and O–H groups in total. The van der Waals surface area contributed by atoms with Crippen LogP contribution in [0.2, 0.25) is 5.02 Å². The summed E-state index contributed by atoms with van der Waals surface area (Å²) in [7, 11) is 7.69. The Morgan fingerprint density at radius 2 is 1.59 bits per heavy atom. The zero-order valence-corrected chi connectivity index (χ0v) is 25.1. The Hall–Kier alpha value is -3.36. The number of hydrogen-bond acceptors (Lipinski definition) is 4. The zero-order valence-electron chi connectivity index (χ0n) is 24.3. The summed E-state index contributed by atoms with van der Waals surface area (Å²) in [5, 5.41) is 7.75. The van der Waals surface area contributed by atoms with Crippen LogP contribution >= 0.6 is 11.6 Å². The molecule has 2 aliphatic carbocycles. The van der Waals surface area contributed by atoms with Gasteiger partial charge in [0.15, 0.2) is 0 Å². The minimum Gasteiger partial charge on any atom is -0.360 e. The van der Waals surface area contributed by atoms with E-state index in [0.717, 1.165) is 23.9 Å². The molecule has 2 fully saturated rings. The third-order valence-corrected chi connectivity index (χ3v) is 9.13. The van der Waals surface area contributed by atoms with Crippen LogP contribution in [0.15, 0.2) is 48.7 Å². The molecule has 3 unspecified atom stereocenters. The number of nitrogens with zero attached hydrogens (tertiary/aromatic N) is 2. The van der Waals surface area contributed by atoms with Gasteiger partial charge in [-0.1, -0.05) is 29.8 Å². The van der Waals surface area contributed by atoms with E-state index in [9.17, 15) is 14.4 Å². The number of aromatic nitrogens is 1. The molecule has 0 bridgehead atoms. The van der Waals surface area contributed by atoms with Gasteiger partial charge in [-0.25, -0.2) is 0 Å². The van der Waals surface area contributed by atoms with Gasteiger partial charge in [0.2, 0.25) is 5.91 Å². The number of aromatic amines is 1. The van der Waals surface area contributed by atoms with Crippen LogP contribution < -0.4 is 10.6 Å². The summed E-state index contributed by atoms with van der Waals surface area (Å²) in [6, 6.07) is 12.6. The van der Waals surface area contributed by atoms with E-state index in [0.29, 0.717) is 35.4 Å². The first-order valence-electron chi connectivity index (χ1n) is 14.4. The number of amides is 3. The summed E-state index contributed by atoms with van der Waals surface area (Å²) in [6.07, 6.45) is 6.87. The van der Waals surface area contributed by atoms with Crippen LogP contribution in [0.4, 0.5) is 0 Å². The highest BCUT2D eigenvalue weighted by Crippen LogP contribution is 2.51. The fourth-order valence-electron chi connectivity index (χ4n) is 6.07. The number of fused-ring (bicyclic) bond motifs is 1. The lowest BCUT2D eigenvalue weighted by Crippen LogP contribution is -2.55. The van der Waals surface area contributed by atoms with Gasteiger partial charge in [-0.15, -0.1) is 0 Å². The molecule has 0 aliphatic heterocycles. The van der Waals surface area contributed by atoms with E-state index in [2.05, 4.69) is 46.7 Å². The van der Waals surface area contributed by atoms with Crippen LogP contribution in [0.3, 0.4) is 0 Å². The van der Waals surface area contributed by atoms with Gasteiger partial charge in [0, 0.05) is 54.3 Å². The van der Waals surface area contributed by atoms with Crippen molar-refractivity contribution in [2.24, 2.45) is 5.92 Å². The number of H-pyrrole nitrogens is 1. The summed E-state index contributed by atoms with van der Waals surface area (Å²) in [5.41, 5.74) is 3.39. The quantitative estimate of drug-likeness (QED) is 0.346. The standard InChI is InChI=1S/C32H40ClN5O3/c1-37(2)16-15-32(13-14-32)23-9-5-20(6-10-23)29(39)36-28-18-22(31(41)38(3)4)8-12-26(28)35-30(40)21-7-11-24-25(33)19-34-27(24)17-21/h5-7,9-11,17,19,22,26,28,34H,8,12-16,18H2,1-4H3,(H,35,40)(H,36,39). The predicted molar refractivity (Wildman–Crippen MR) is 162 cm³/mol. The van der Waals surface area contributed by atoms with Gasteiger partial charge in [-0.3, -0.25) is 14.4 Å². The number of hydrogen-bond donors (Lipinski definition) is 3. The van der Waals surface area contributed by atoms with Crippen LogP contribution in [-0.2, 0) is 10.2 Å². The lowest BCUT2D eigenvalue weighted by molar-refractivity contribution is -0.134. The molecule has 2 aromatic carbocycles. The third-order valence-electron chi connectivity index (χ3n) is 8.82. The van der Waals surface area contributed by atoms with Crippen molar-refractivity contribution in [3.63, 3.8) is 0 Å². The molecule has 1 aromatic heterocycles. The molecule has 41 heavy (non-hydrogen) atoms. The first-order valence-corrected chi connectivity index (χ1v) is 14.8. The van der Waals surface area contributed by atoms with Crippen LogP contribution in [0.1, 0.15) is 64.8 Å². The fourth-order valence-corrected chi connectivity index (χ4v) is 6.29. The Bertz CT molecular complexity index is 1430. The molecule has 0 spiro atoms. The molecule has 2 saturated carbocycles. The van der Waals surface area contributed by atoms with E-state index in [4.69, 9.17) is 11.6 Å². The Labute approximate surface area is 246 Å². The molecule has 3 amide bonds. The maximum atomic E-state index is 13.4. The topological polar surface area (TPSA) is 97.5 Å². The first-order chi connectivity index (χ1) is 19.6. The largest absolute Gasteiger partial charge is 0.360 e. The summed E-state index contributed by atoms with van der Waals surface area (Å²) >= 11 is 6.19. The lowest BCUT2D eigenvalue weighted by Gasteiger charge is -2.37. The summed E-state index contributed by atoms with van der Waals surface area (Å²) in [4.78, 5) is 46.4. The Balaban J connectivity index is 1.30. The molecule has 1 heterocycles. The number of halogens is 1. The third kappa shape index (κ3) is 6.44.